The minimum absolute atomic E-state index is 0.0682. The Balaban J connectivity index is 1.89. The number of amides is 2. The third kappa shape index (κ3) is 2.78. The molecule has 2 aromatic rings. The lowest BCUT2D eigenvalue weighted by atomic mass is 10.2. The zero-order valence-electron chi connectivity index (χ0n) is 12.2. The molecule has 1 aliphatic heterocycles. The zero-order chi connectivity index (χ0) is 16.4. The van der Waals surface area contributed by atoms with E-state index in [-0.39, 0.29) is 10.7 Å². The highest BCUT2D eigenvalue weighted by Gasteiger charge is 2.38. The molecule has 1 N–H and O–H groups in total. The average Bonchev–Trinajstić information content (AvgIpc) is 2.80. The van der Waals surface area contributed by atoms with Gasteiger partial charge in [-0.3, -0.25) is 9.59 Å². The van der Waals surface area contributed by atoms with Gasteiger partial charge in [-0.15, -0.1) is 0 Å². The average molecular weight is 329 g/mol. The predicted octanol–water partition coefficient (Wildman–Crippen LogP) is 3.13. The Hall–Kier alpha value is -2.79. The van der Waals surface area contributed by atoms with Crippen molar-refractivity contribution < 1.29 is 14.3 Å². The van der Waals surface area contributed by atoms with Crippen molar-refractivity contribution >= 4 is 34.8 Å². The largest absolute Gasteiger partial charge is 0.497 e. The topological polar surface area (TPSA) is 58.6 Å². The molecule has 0 spiro atoms. The normalized spacial score (nSPS) is 14.4. The molecular formula is C17H13ClN2O3. The first-order chi connectivity index (χ1) is 11.1. The van der Waals surface area contributed by atoms with Crippen LogP contribution >= 0.6 is 11.6 Å². The summed E-state index contributed by atoms with van der Waals surface area (Å²) in [6.45, 7) is 0. The van der Waals surface area contributed by atoms with E-state index in [1.807, 2.05) is 18.2 Å². The van der Waals surface area contributed by atoms with Crippen LogP contribution in [0.15, 0.2) is 65.3 Å². The SMILES string of the molecule is COc1ccc(N2C(=O)C(Cl)=C(Nc3ccccc3)C2=O)cc1. The molecule has 0 saturated carbocycles. The summed E-state index contributed by atoms with van der Waals surface area (Å²) >= 11 is 6.06. The van der Waals surface area contributed by atoms with E-state index >= 15 is 0 Å². The number of carbonyl (C=O) groups excluding carboxylic acids is 2. The van der Waals surface area contributed by atoms with E-state index in [1.54, 1.807) is 43.5 Å². The fraction of sp³-hybridized carbons (Fsp3) is 0.0588. The summed E-state index contributed by atoms with van der Waals surface area (Å²) in [7, 11) is 1.54. The van der Waals surface area contributed by atoms with Gasteiger partial charge < -0.3 is 10.1 Å². The molecule has 0 atom stereocenters. The molecule has 0 unspecified atom stereocenters. The number of carbonyl (C=O) groups is 2. The Morgan fingerprint density at radius 1 is 0.957 bits per heavy atom. The fourth-order valence-corrected chi connectivity index (χ4v) is 2.46. The van der Waals surface area contributed by atoms with E-state index in [2.05, 4.69) is 5.32 Å². The Bertz CT molecular complexity index is 785. The number of nitrogens with one attached hydrogen (secondary N) is 1. The van der Waals surface area contributed by atoms with Crippen LogP contribution in [0.4, 0.5) is 11.4 Å². The van der Waals surface area contributed by atoms with Gasteiger partial charge in [0, 0.05) is 5.69 Å². The molecule has 0 saturated heterocycles. The van der Waals surface area contributed by atoms with E-state index in [4.69, 9.17) is 16.3 Å². The molecule has 1 heterocycles. The van der Waals surface area contributed by atoms with Crippen LogP contribution in [0.2, 0.25) is 0 Å². The maximum atomic E-state index is 12.6. The minimum atomic E-state index is -0.555. The van der Waals surface area contributed by atoms with Gasteiger partial charge in [0.25, 0.3) is 11.8 Å². The molecule has 6 heteroatoms. The maximum Gasteiger partial charge on any atom is 0.283 e. The first kappa shape index (κ1) is 15.1. The van der Waals surface area contributed by atoms with Crippen molar-refractivity contribution in [2.24, 2.45) is 0 Å². The number of hydrogen-bond donors (Lipinski definition) is 1. The number of ether oxygens (including phenoxy) is 1. The summed E-state index contributed by atoms with van der Waals surface area (Å²) in [5.74, 6) is -0.413. The van der Waals surface area contributed by atoms with E-state index in [0.717, 1.165) is 4.90 Å². The third-order valence-electron chi connectivity index (χ3n) is 3.40. The molecule has 5 nitrogen and oxygen atoms in total. The Labute approximate surface area is 138 Å². The molecule has 23 heavy (non-hydrogen) atoms. The van der Waals surface area contributed by atoms with Gasteiger partial charge >= 0.3 is 0 Å². The Morgan fingerprint density at radius 2 is 1.61 bits per heavy atom. The predicted molar refractivity (Wildman–Crippen MR) is 88.4 cm³/mol. The molecular weight excluding hydrogens is 316 g/mol. The summed E-state index contributed by atoms with van der Waals surface area (Å²) < 4.78 is 5.07. The van der Waals surface area contributed by atoms with Crippen molar-refractivity contribution in [2.75, 3.05) is 17.3 Å². The second-order valence-electron chi connectivity index (χ2n) is 4.82. The Kier molecular flexibility index (Phi) is 4.04. The highest BCUT2D eigenvalue weighted by Crippen LogP contribution is 2.30. The van der Waals surface area contributed by atoms with Crippen LogP contribution in [0.5, 0.6) is 5.75 Å². The summed E-state index contributed by atoms with van der Waals surface area (Å²) in [5.41, 5.74) is 1.18. The molecule has 0 fully saturated rings. The van der Waals surface area contributed by atoms with Crippen LogP contribution in [0.1, 0.15) is 0 Å². The number of methoxy groups -OCH3 is 1. The minimum Gasteiger partial charge on any atom is -0.497 e. The number of nitrogens with zero attached hydrogens (tertiary/aromatic N) is 1. The number of para-hydroxylation sites is 1. The summed E-state index contributed by atoms with van der Waals surface area (Å²) in [4.78, 5) is 25.9. The van der Waals surface area contributed by atoms with Crippen molar-refractivity contribution in [1.82, 2.24) is 0 Å². The molecule has 2 amide bonds. The number of hydrogen-bond acceptors (Lipinski definition) is 4. The van der Waals surface area contributed by atoms with Gasteiger partial charge in [0.05, 0.1) is 12.8 Å². The van der Waals surface area contributed by atoms with Crippen LogP contribution in [0.3, 0.4) is 0 Å². The summed E-state index contributed by atoms with van der Waals surface area (Å²) in [5, 5.41) is 2.77. The quantitative estimate of drug-likeness (QED) is 0.876. The van der Waals surface area contributed by atoms with E-state index in [0.29, 0.717) is 17.1 Å². The molecule has 1 aliphatic rings. The first-order valence-corrected chi connectivity index (χ1v) is 7.24. The van der Waals surface area contributed by atoms with E-state index in [1.165, 1.54) is 0 Å². The monoisotopic (exact) mass is 328 g/mol. The van der Waals surface area contributed by atoms with Crippen molar-refractivity contribution in [1.29, 1.82) is 0 Å². The molecule has 0 aliphatic carbocycles. The van der Waals surface area contributed by atoms with Crippen molar-refractivity contribution in [3.05, 3.63) is 65.3 Å². The van der Waals surface area contributed by atoms with Gasteiger partial charge in [0.1, 0.15) is 16.5 Å². The lowest BCUT2D eigenvalue weighted by Crippen LogP contribution is -2.32. The van der Waals surface area contributed by atoms with E-state index < -0.39 is 11.8 Å². The number of rotatable bonds is 4. The second kappa shape index (κ2) is 6.14. The van der Waals surface area contributed by atoms with Crippen LogP contribution < -0.4 is 15.0 Å². The van der Waals surface area contributed by atoms with Gasteiger partial charge in [0.15, 0.2) is 0 Å². The van der Waals surface area contributed by atoms with Gasteiger partial charge in [-0.2, -0.15) is 0 Å². The lowest BCUT2D eigenvalue weighted by Gasteiger charge is -2.15. The van der Waals surface area contributed by atoms with Gasteiger partial charge in [0.2, 0.25) is 0 Å². The third-order valence-corrected chi connectivity index (χ3v) is 3.75. The van der Waals surface area contributed by atoms with Gasteiger partial charge in [-0.25, -0.2) is 4.90 Å². The standard InChI is InChI=1S/C17H13ClN2O3/c1-23-13-9-7-12(8-10-13)20-16(21)14(18)15(17(20)22)19-11-5-3-2-4-6-11/h2-10,19H,1H3. The van der Waals surface area contributed by atoms with Gasteiger partial charge in [-0.05, 0) is 36.4 Å². The fourth-order valence-electron chi connectivity index (χ4n) is 2.24. The zero-order valence-corrected chi connectivity index (χ0v) is 13.0. The second-order valence-corrected chi connectivity index (χ2v) is 5.20. The molecule has 0 radical (unpaired) electrons. The van der Waals surface area contributed by atoms with Crippen molar-refractivity contribution in [2.45, 2.75) is 0 Å². The van der Waals surface area contributed by atoms with Crippen LogP contribution in [0.25, 0.3) is 0 Å². The summed E-state index contributed by atoms with van der Waals surface area (Å²) in [6, 6.07) is 15.7. The first-order valence-electron chi connectivity index (χ1n) is 6.86. The molecule has 116 valence electrons. The van der Waals surface area contributed by atoms with Crippen LogP contribution in [-0.4, -0.2) is 18.9 Å². The molecule has 3 rings (SSSR count). The summed E-state index contributed by atoms with van der Waals surface area (Å²) in [6.07, 6.45) is 0. The smallest absolute Gasteiger partial charge is 0.283 e. The lowest BCUT2D eigenvalue weighted by molar-refractivity contribution is -0.120. The highest BCUT2D eigenvalue weighted by molar-refractivity contribution is 6.53. The maximum absolute atomic E-state index is 12.6. The van der Waals surface area contributed by atoms with Crippen molar-refractivity contribution in [3.8, 4) is 5.75 Å². The van der Waals surface area contributed by atoms with Crippen LogP contribution in [0, 0.1) is 0 Å². The van der Waals surface area contributed by atoms with Crippen LogP contribution in [-0.2, 0) is 9.59 Å². The number of benzene rings is 2. The number of anilines is 2. The Morgan fingerprint density at radius 3 is 2.22 bits per heavy atom. The molecule has 0 aromatic heterocycles. The molecule has 2 aromatic carbocycles. The van der Waals surface area contributed by atoms with Gasteiger partial charge in [-0.1, -0.05) is 29.8 Å². The number of imide groups is 1. The van der Waals surface area contributed by atoms with E-state index in [9.17, 15) is 9.59 Å². The highest BCUT2D eigenvalue weighted by atomic mass is 35.5. The molecule has 0 bridgehead atoms. The van der Waals surface area contributed by atoms with Crippen molar-refractivity contribution in [3.63, 3.8) is 0 Å². The number of halogens is 1.